The molecule has 2 heterocycles. The van der Waals surface area contributed by atoms with Crippen molar-refractivity contribution in [2.75, 3.05) is 0 Å². The Morgan fingerprint density at radius 1 is 1.05 bits per heavy atom. The molecule has 0 atom stereocenters. The van der Waals surface area contributed by atoms with E-state index in [0.29, 0.717) is 10.0 Å². The molecule has 0 aliphatic heterocycles. The summed E-state index contributed by atoms with van der Waals surface area (Å²) < 4.78 is 1.86. The van der Waals surface area contributed by atoms with E-state index in [1.807, 2.05) is 16.8 Å². The molecule has 1 aromatic carbocycles. The van der Waals surface area contributed by atoms with Gasteiger partial charge in [-0.25, -0.2) is 4.98 Å². The van der Waals surface area contributed by atoms with Crippen LogP contribution in [0.5, 0.6) is 0 Å². The molecular formula is C15H12Cl2N2. The van der Waals surface area contributed by atoms with Gasteiger partial charge in [-0.05, 0) is 25.5 Å². The largest absolute Gasteiger partial charge is 0.304 e. The van der Waals surface area contributed by atoms with Crippen molar-refractivity contribution in [2.24, 2.45) is 0 Å². The maximum absolute atomic E-state index is 6.16. The molecular weight excluding hydrogens is 279 g/mol. The third-order valence-corrected chi connectivity index (χ3v) is 3.62. The fourth-order valence-electron chi connectivity index (χ4n) is 2.26. The molecule has 0 fully saturated rings. The summed E-state index contributed by atoms with van der Waals surface area (Å²) in [5.74, 6) is 0. The van der Waals surface area contributed by atoms with Crippen LogP contribution in [0.15, 0.2) is 36.7 Å². The van der Waals surface area contributed by atoms with Crippen LogP contribution in [0.3, 0.4) is 0 Å². The summed E-state index contributed by atoms with van der Waals surface area (Å²) >= 11 is 12.2. The Morgan fingerprint density at radius 3 is 2.58 bits per heavy atom. The number of aromatic nitrogens is 2. The van der Waals surface area contributed by atoms with E-state index in [9.17, 15) is 0 Å². The number of hydrogen-bond donors (Lipinski definition) is 0. The minimum absolute atomic E-state index is 0.559. The van der Waals surface area contributed by atoms with Crippen molar-refractivity contribution >= 4 is 28.8 Å². The fourth-order valence-corrected chi connectivity index (χ4v) is 2.78. The molecule has 0 saturated heterocycles. The number of nitrogens with zero attached hydrogens (tertiary/aromatic N) is 2. The summed E-state index contributed by atoms with van der Waals surface area (Å²) in [5, 5.41) is 1.16. The van der Waals surface area contributed by atoms with Crippen molar-refractivity contribution in [3.8, 4) is 11.3 Å². The van der Waals surface area contributed by atoms with Crippen LogP contribution >= 0.6 is 23.2 Å². The first-order valence-corrected chi connectivity index (χ1v) is 6.71. The number of fused-ring (bicyclic) bond motifs is 1. The van der Waals surface area contributed by atoms with E-state index >= 15 is 0 Å². The third-order valence-electron chi connectivity index (χ3n) is 3.13. The Morgan fingerprint density at radius 2 is 1.84 bits per heavy atom. The van der Waals surface area contributed by atoms with Crippen LogP contribution in [0.1, 0.15) is 11.1 Å². The second-order valence-electron chi connectivity index (χ2n) is 4.68. The highest BCUT2D eigenvalue weighted by atomic mass is 35.5. The predicted molar refractivity (Wildman–Crippen MR) is 80.1 cm³/mol. The van der Waals surface area contributed by atoms with Gasteiger partial charge in [0.15, 0.2) is 5.65 Å². The van der Waals surface area contributed by atoms with Crippen molar-refractivity contribution < 1.29 is 0 Å². The van der Waals surface area contributed by atoms with Crippen LogP contribution in [0, 0.1) is 13.8 Å². The average Bonchev–Trinajstić information content (AvgIpc) is 2.72. The van der Waals surface area contributed by atoms with Gasteiger partial charge in [0.05, 0.1) is 15.7 Å². The maximum Gasteiger partial charge on any atom is 0.156 e. The van der Waals surface area contributed by atoms with Crippen LogP contribution < -0.4 is 0 Å². The number of rotatable bonds is 1. The maximum atomic E-state index is 6.16. The molecule has 0 bridgehead atoms. The van der Waals surface area contributed by atoms with Crippen LogP contribution in [0.4, 0.5) is 0 Å². The second kappa shape index (κ2) is 4.55. The minimum atomic E-state index is 0.559. The highest BCUT2D eigenvalue weighted by Crippen LogP contribution is 2.27. The van der Waals surface area contributed by atoms with Gasteiger partial charge in [-0.15, -0.1) is 0 Å². The molecule has 0 aliphatic rings. The molecule has 0 N–H and O–H groups in total. The predicted octanol–water partition coefficient (Wildman–Crippen LogP) is 4.92. The van der Waals surface area contributed by atoms with Gasteiger partial charge < -0.3 is 4.40 Å². The average molecular weight is 291 g/mol. The molecule has 0 spiro atoms. The van der Waals surface area contributed by atoms with Gasteiger partial charge in [0.1, 0.15) is 0 Å². The topological polar surface area (TPSA) is 17.3 Å². The molecule has 0 amide bonds. The Kier molecular flexibility index (Phi) is 3.00. The van der Waals surface area contributed by atoms with Crippen LogP contribution in [0.2, 0.25) is 10.0 Å². The Labute approximate surface area is 121 Å². The lowest BCUT2D eigenvalue weighted by Gasteiger charge is -2.02. The molecule has 4 heteroatoms. The van der Waals surface area contributed by atoms with E-state index in [2.05, 4.69) is 37.0 Å². The van der Waals surface area contributed by atoms with Crippen molar-refractivity contribution in [2.45, 2.75) is 13.8 Å². The van der Waals surface area contributed by atoms with E-state index in [0.717, 1.165) is 16.9 Å². The third kappa shape index (κ3) is 2.22. The van der Waals surface area contributed by atoms with E-state index in [1.165, 1.54) is 11.1 Å². The Balaban J connectivity index is 2.23. The summed E-state index contributed by atoms with van der Waals surface area (Å²) in [5.41, 5.74) is 5.18. The fraction of sp³-hybridized carbons (Fsp3) is 0.133. The van der Waals surface area contributed by atoms with Crippen molar-refractivity contribution in [3.05, 3.63) is 57.8 Å². The monoisotopic (exact) mass is 290 g/mol. The highest BCUT2D eigenvalue weighted by Gasteiger charge is 2.10. The summed E-state index contributed by atoms with van der Waals surface area (Å²) in [6, 6.07) is 8.02. The summed E-state index contributed by atoms with van der Waals surface area (Å²) in [6.45, 7) is 4.16. The molecule has 0 radical (unpaired) electrons. The lowest BCUT2D eigenvalue weighted by molar-refractivity contribution is 1.19. The van der Waals surface area contributed by atoms with E-state index in [-0.39, 0.29) is 0 Å². The van der Waals surface area contributed by atoms with Crippen molar-refractivity contribution in [1.82, 2.24) is 9.38 Å². The molecule has 3 rings (SSSR count). The zero-order chi connectivity index (χ0) is 13.6. The van der Waals surface area contributed by atoms with Crippen LogP contribution in [0.25, 0.3) is 16.9 Å². The van der Waals surface area contributed by atoms with E-state index in [4.69, 9.17) is 23.2 Å². The number of halogens is 2. The normalized spacial score (nSPS) is 11.2. The van der Waals surface area contributed by atoms with Crippen LogP contribution in [-0.2, 0) is 0 Å². The van der Waals surface area contributed by atoms with E-state index in [1.54, 1.807) is 6.07 Å². The Bertz CT molecular complexity index is 775. The van der Waals surface area contributed by atoms with Crippen molar-refractivity contribution in [3.63, 3.8) is 0 Å². The molecule has 0 saturated carbocycles. The smallest absolute Gasteiger partial charge is 0.156 e. The molecule has 0 unspecified atom stereocenters. The van der Waals surface area contributed by atoms with Crippen molar-refractivity contribution in [1.29, 1.82) is 0 Å². The van der Waals surface area contributed by atoms with E-state index < -0.39 is 0 Å². The molecule has 96 valence electrons. The van der Waals surface area contributed by atoms with Gasteiger partial charge in [0.25, 0.3) is 0 Å². The number of imidazole rings is 1. The second-order valence-corrected chi connectivity index (χ2v) is 5.53. The number of pyridine rings is 1. The van der Waals surface area contributed by atoms with Crippen LogP contribution in [-0.4, -0.2) is 9.38 Å². The lowest BCUT2D eigenvalue weighted by atomic mass is 10.0. The minimum Gasteiger partial charge on any atom is -0.304 e. The molecule has 2 nitrogen and oxygen atoms in total. The summed E-state index contributed by atoms with van der Waals surface area (Å²) in [4.78, 5) is 4.59. The van der Waals surface area contributed by atoms with Gasteiger partial charge in [0, 0.05) is 18.0 Å². The van der Waals surface area contributed by atoms with Gasteiger partial charge in [-0.1, -0.05) is 47.0 Å². The summed E-state index contributed by atoms with van der Waals surface area (Å²) in [7, 11) is 0. The number of hydrogen-bond acceptors (Lipinski definition) is 1. The first kappa shape index (κ1) is 12.5. The van der Waals surface area contributed by atoms with Gasteiger partial charge in [-0.3, -0.25) is 0 Å². The number of benzene rings is 1. The molecule has 3 aromatic rings. The lowest BCUT2D eigenvalue weighted by Crippen LogP contribution is -1.84. The zero-order valence-electron chi connectivity index (χ0n) is 10.6. The first-order chi connectivity index (χ1) is 9.04. The standard InChI is InChI=1S/C15H12Cl2N2/c1-9-3-4-12(10(2)5-9)14-8-19-7-11(16)6-13(17)15(19)18-14/h3-8H,1-2H3. The summed E-state index contributed by atoms with van der Waals surface area (Å²) in [6.07, 6.45) is 3.76. The Hall–Kier alpha value is -1.51. The SMILES string of the molecule is Cc1ccc(-c2cn3cc(Cl)cc(Cl)c3n2)c(C)c1. The van der Waals surface area contributed by atoms with Gasteiger partial charge in [-0.2, -0.15) is 0 Å². The van der Waals surface area contributed by atoms with Gasteiger partial charge in [0.2, 0.25) is 0 Å². The highest BCUT2D eigenvalue weighted by molar-refractivity contribution is 6.36. The first-order valence-electron chi connectivity index (χ1n) is 5.96. The quantitative estimate of drug-likeness (QED) is 0.621. The molecule has 2 aromatic heterocycles. The zero-order valence-corrected chi connectivity index (χ0v) is 12.1. The molecule has 0 aliphatic carbocycles. The number of aryl methyl sites for hydroxylation is 2. The molecule has 19 heavy (non-hydrogen) atoms. The van der Waals surface area contributed by atoms with Gasteiger partial charge >= 0.3 is 0 Å².